The van der Waals surface area contributed by atoms with Gasteiger partial charge in [-0.25, -0.2) is 0 Å². The fourth-order valence-electron chi connectivity index (χ4n) is 2.05. The molecule has 1 heterocycles. The van der Waals surface area contributed by atoms with Crippen LogP contribution in [0.2, 0.25) is 5.02 Å². The monoisotopic (exact) mass is 225 g/mol. The molecule has 0 amide bonds. The van der Waals surface area contributed by atoms with Crippen LogP contribution in [0, 0.1) is 6.92 Å². The molecule has 1 aliphatic heterocycles. The number of halogens is 1. The van der Waals surface area contributed by atoms with Gasteiger partial charge in [-0.05, 0) is 30.5 Å². The Kier molecular flexibility index (Phi) is 3.29. The van der Waals surface area contributed by atoms with Gasteiger partial charge in [0.25, 0.3) is 0 Å². The van der Waals surface area contributed by atoms with Gasteiger partial charge in [-0.15, -0.1) is 0 Å². The Morgan fingerprint density at radius 3 is 2.93 bits per heavy atom. The Morgan fingerprint density at radius 1 is 1.53 bits per heavy atom. The van der Waals surface area contributed by atoms with Crippen LogP contribution in [0.4, 0.5) is 0 Å². The highest BCUT2D eigenvalue weighted by Crippen LogP contribution is 2.23. The van der Waals surface area contributed by atoms with E-state index in [1.54, 1.807) is 0 Å². The van der Waals surface area contributed by atoms with E-state index in [-0.39, 0.29) is 6.10 Å². The van der Waals surface area contributed by atoms with E-state index >= 15 is 0 Å². The molecule has 82 valence electrons. The quantitative estimate of drug-likeness (QED) is 0.835. The van der Waals surface area contributed by atoms with E-state index in [2.05, 4.69) is 17.9 Å². The molecule has 0 bridgehead atoms. The number of rotatable bonds is 2. The second-order valence-electron chi connectivity index (χ2n) is 4.21. The van der Waals surface area contributed by atoms with E-state index in [1.807, 2.05) is 12.1 Å². The number of likely N-dealkylation sites (tertiary alicyclic amines) is 1. The molecule has 0 radical (unpaired) electrons. The molecule has 3 heteroatoms. The standard InChI is InChI=1S/C12H16ClNO/c1-9-3-2-4-12(13)11(9)8-14-6-5-10(15)7-14/h2-4,10,15H,5-8H2,1H3. The van der Waals surface area contributed by atoms with Gasteiger partial charge in [0.2, 0.25) is 0 Å². The fourth-order valence-corrected chi connectivity index (χ4v) is 2.33. The van der Waals surface area contributed by atoms with Gasteiger partial charge in [0.1, 0.15) is 0 Å². The fraction of sp³-hybridized carbons (Fsp3) is 0.500. The van der Waals surface area contributed by atoms with Crippen molar-refractivity contribution in [3.8, 4) is 0 Å². The Bertz CT molecular complexity index is 333. The molecule has 1 aliphatic rings. The summed E-state index contributed by atoms with van der Waals surface area (Å²) < 4.78 is 0. The van der Waals surface area contributed by atoms with Gasteiger partial charge in [0.05, 0.1) is 6.10 Å². The molecular formula is C12H16ClNO. The van der Waals surface area contributed by atoms with Crippen molar-refractivity contribution in [3.63, 3.8) is 0 Å². The number of hydrogen-bond acceptors (Lipinski definition) is 2. The van der Waals surface area contributed by atoms with Crippen molar-refractivity contribution in [1.29, 1.82) is 0 Å². The summed E-state index contributed by atoms with van der Waals surface area (Å²) in [4.78, 5) is 2.25. The van der Waals surface area contributed by atoms with Crippen molar-refractivity contribution in [2.75, 3.05) is 13.1 Å². The predicted octanol–water partition coefficient (Wildman–Crippen LogP) is 2.22. The average Bonchev–Trinajstić information content (AvgIpc) is 2.58. The third kappa shape index (κ3) is 2.51. The zero-order valence-corrected chi connectivity index (χ0v) is 9.67. The third-order valence-corrected chi connectivity index (χ3v) is 3.34. The molecule has 2 rings (SSSR count). The molecule has 1 atom stereocenters. The Balaban J connectivity index is 2.10. The van der Waals surface area contributed by atoms with E-state index in [0.29, 0.717) is 0 Å². The van der Waals surface area contributed by atoms with E-state index in [0.717, 1.165) is 31.1 Å². The molecule has 0 saturated carbocycles. The molecule has 1 saturated heterocycles. The smallest absolute Gasteiger partial charge is 0.0679 e. The van der Waals surface area contributed by atoms with Gasteiger partial charge >= 0.3 is 0 Å². The highest BCUT2D eigenvalue weighted by molar-refractivity contribution is 6.31. The SMILES string of the molecule is Cc1cccc(Cl)c1CN1CCC(O)C1. The van der Waals surface area contributed by atoms with E-state index < -0.39 is 0 Å². The van der Waals surface area contributed by atoms with Gasteiger partial charge in [-0.2, -0.15) is 0 Å². The molecule has 1 aromatic rings. The minimum absolute atomic E-state index is 0.159. The highest BCUT2D eigenvalue weighted by Gasteiger charge is 2.21. The predicted molar refractivity (Wildman–Crippen MR) is 62.1 cm³/mol. The second kappa shape index (κ2) is 4.52. The molecule has 1 N–H and O–H groups in total. The van der Waals surface area contributed by atoms with Gasteiger partial charge in [0.15, 0.2) is 0 Å². The van der Waals surface area contributed by atoms with Crippen LogP contribution in [0.3, 0.4) is 0 Å². The molecule has 15 heavy (non-hydrogen) atoms. The lowest BCUT2D eigenvalue weighted by Crippen LogP contribution is -2.22. The molecular weight excluding hydrogens is 210 g/mol. The first-order valence-electron chi connectivity index (χ1n) is 5.31. The van der Waals surface area contributed by atoms with Crippen LogP contribution in [0.5, 0.6) is 0 Å². The molecule has 1 aromatic carbocycles. The van der Waals surface area contributed by atoms with Crippen LogP contribution < -0.4 is 0 Å². The number of benzene rings is 1. The van der Waals surface area contributed by atoms with Crippen molar-refractivity contribution < 1.29 is 5.11 Å². The number of aliphatic hydroxyl groups is 1. The number of nitrogens with zero attached hydrogens (tertiary/aromatic N) is 1. The zero-order valence-electron chi connectivity index (χ0n) is 8.91. The Morgan fingerprint density at radius 2 is 2.33 bits per heavy atom. The summed E-state index contributed by atoms with van der Waals surface area (Å²) in [6.45, 7) is 4.66. The van der Waals surface area contributed by atoms with Crippen molar-refractivity contribution in [2.24, 2.45) is 0 Å². The number of β-amino-alcohol motifs (C(OH)–C–C–N with tert-alkyl or cyclic N) is 1. The summed E-state index contributed by atoms with van der Waals surface area (Å²) in [5, 5.41) is 10.3. The maximum Gasteiger partial charge on any atom is 0.0679 e. The van der Waals surface area contributed by atoms with Gasteiger partial charge in [0, 0.05) is 24.7 Å². The second-order valence-corrected chi connectivity index (χ2v) is 4.62. The number of aliphatic hydroxyl groups excluding tert-OH is 1. The first-order chi connectivity index (χ1) is 7.16. The highest BCUT2D eigenvalue weighted by atomic mass is 35.5. The molecule has 0 aliphatic carbocycles. The van der Waals surface area contributed by atoms with Crippen molar-refractivity contribution in [2.45, 2.75) is 26.0 Å². The van der Waals surface area contributed by atoms with Crippen LogP contribution >= 0.6 is 11.6 Å². The van der Waals surface area contributed by atoms with Gasteiger partial charge in [-0.3, -0.25) is 4.90 Å². The number of hydrogen-bond donors (Lipinski definition) is 1. The molecule has 0 aromatic heterocycles. The summed E-state index contributed by atoms with van der Waals surface area (Å²) in [5.74, 6) is 0. The summed E-state index contributed by atoms with van der Waals surface area (Å²) >= 11 is 6.16. The first kappa shape index (κ1) is 10.9. The minimum Gasteiger partial charge on any atom is -0.392 e. The molecule has 0 spiro atoms. The van der Waals surface area contributed by atoms with Gasteiger partial charge < -0.3 is 5.11 Å². The van der Waals surface area contributed by atoms with E-state index in [4.69, 9.17) is 11.6 Å². The molecule has 2 nitrogen and oxygen atoms in total. The Hall–Kier alpha value is -0.570. The first-order valence-corrected chi connectivity index (χ1v) is 5.69. The molecule has 1 unspecified atom stereocenters. The maximum atomic E-state index is 9.44. The summed E-state index contributed by atoms with van der Waals surface area (Å²) in [5.41, 5.74) is 2.41. The summed E-state index contributed by atoms with van der Waals surface area (Å²) in [7, 11) is 0. The lowest BCUT2D eigenvalue weighted by molar-refractivity contribution is 0.174. The van der Waals surface area contributed by atoms with E-state index in [1.165, 1.54) is 11.1 Å². The average molecular weight is 226 g/mol. The topological polar surface area (TPSA) is 23.5 Å². The third-order valence-electron chi connectivity index (χ3n) is 2.98. The van der Waals surface area contributed by atoms with Crippen LogP contribution in [-0.4, -0.2) is 29.2 Å². The summed E-state index contributed by atoms with van der Waals surface area (Å²) in [6, 6.07) is 5.98. The summed E-state index contributed by atoms with van der Waals surface area (Å²) in [6.07, 6.45) is 0.719. The normalized spacial score (nSPS) is 22.2. The lowest BCUT2D eigenvalue weighted by atomic mass is 10.1. The lowest BCUT2D eigenvalue weighted by Gasteiger charge is -2.17. The van der Waals surface area contributed by atoms with Crippen molar-refractivity contribution in [3.05, 3.63) is 34.3 Å². The number of aryl methyl sites for hydroxylation is 1. The zero-order chi connectivity index (χ0) is 10.8. The Labute approximate surface area is 95.5 Å². The molecule has 1 fully saturated rings. The maximum absolute atomic E-state index is 9.44. The van der Waals surface area contributed by atoms with Crippen molar-refractivity contribution in [1.82, 2.24) is 4.90 Å². The van der Waals surface area contributed by atoms with Gasteiger partial charge in [-0.1, -0.05) is 23.7 Å². The van der Waals surface area contributed by atoms with Crippen molar-refractivity contribution >= 4 is 11.6 Å². The largest absolute Gasteiger partial charge is 0.392 e. The van der Waals surface area contributed by atoms with Crippen LogP contribution in [0.25, 0.3) is 0 Å². The minimum atomic E-state index is -0.159. The van der Waals surface area contributed by atoms with Crippen LogP contribution in [0.1, 0.15) is 17.5 Å². The van der Waals surface area contributed by atoms with Crippen LogP contribution in [0.15, 0.2) is 18.2 Å². The van der Waals surface area contributed by atoms with Crippen LogP contribution in [-0.2, 0) is 6.54 Å². The van der Waals surface area contributed by atoms with E-state index in [9.17, 15) is 5.11 Å².